The van der Waals surface area contributed by atoms with Crippen LogP contribution >= 0.6 is 15.9 Å². The Balaban J connectivity index is 1.94. The molecule has 1 saturated heterocycles. The Hall–Kier alpha value is -2.46. The highest BCUT2D eigenvalue weighted by atomic mass is 79.9. The first kappa shape index (κ1) is 18.3. The van der Waals surface area contributed by atoms with Crippen molar-refractivity contribution in [3.63, 3.8) is 0 Å². The summed E-state index contributed by atoms with van der Waals surface area (Å²) in [6.45, 7) is 1.62. The van der Waals surface area contributed by atoms with Crippen molar-refractivity contribution in [1.29, 1.82) is 0 Å². The van der Waals surface area contributed by atoms with Gasteiger partial charge in [0.05, 0.1) is 29.3 Å². The van der Waals surface area contributed by atoms with E-state index in [0.717, 1.165) is 5.56 Å². The molecule has 1 aliphatic rings. The van der Waals surface area contributed by atoms with E-state index in [-0.39, 0.29) is 21.8 Å². The number of nitro groups is 1. The van der Waals surface area contributed by atoms with Gasteiger partial charge in [-0.1, -0.05) is 0 Å². The van der Waals surface area contributed by atoms with Gasteiger partial charge in [0.15, 0.2) is 0 Å². The molecule has 1 atom stereocenters. The molecule has 1 aromatic heterocycles. The molecule has 0 amide bonds. The second-order valence-electron chi connectivity index (χ2n) is 5.83. The van der Waals surface area contributed by atoms with Crippen LogP contribution in [0.15, 0.2) is 29.0 Å². The third-order valence-electron chi connectivity index (χ3n) is 4.16. The lowest BCUT2D eigenvalue weighted by molar-refractivity contribution is -0.386. The van der Waals surface area contributed by atoms with Crippen LogP contribution in [0.25, 0.3) is 0 Å². The van der Waals surface area contributed by atoms with E-state index < -0.39 is 10.9 Å². The second kappa shape index (κ2) is 7.42. The van der Waals surface area contributed by atoms with Crippen LogP contribution in [0, 0.1) is 10.1 Å². The van der Waals surface area contributed by atoms with Crippen molar-refractivity contribution in [3.8, 4) is 0 Å². The Labute approximate surface area is 157 Å². The predicted octanol–water partition coefficient (Wildman–Crippen LogP) is 2.46. The van der Waals surface area contributed by atoms with Crippen LogP contribution in [-0.2, 0) is 16.5 Å². The number of benzene rings is 1. The first-order valence-electron chi connectivity index (χ1n) is 7.82. The zero-order valence-electron chi connectivity index (χ0n) is 14.2. The molecule has 26 heavy (non-hydrogen) atoms. The molecule has 0 saturated carbocycles. The van der Waals surface area contributed by atoms with Gasteiger partial charge in [0.25, 0.3) is 5.69 Å². The molecule has 1 fully saturated rings. The van der Waals surface area contributed by atoms with Gasteiger partial charge in [0.1, 0.15) is 11.7 Å². The van der Waals surface area contributed by atoms with E-state index in [0.29, 0.717) is 25.4 Å². The molecule has 0 N–H and O–H groups in total. The Bertz CT molecular complexity index is 853. The lowest BCUT2D eigenvalue weighted by atomic mass is 10.1. The molecule has 1 aliphatic heterocycles. The predicted molar refractivity (Wildman–Crippen MR) is 96.2 cm³/mol. The van der Waals surface area contributed by atoms with Gasteiger partial charge in [-0.15, -0.1) is 0 Å². The number of methoxy groups -OCH3 is 1. The summed E-state index contributed by atoms with van der Waals surface area (Å²) >= 11 is 3.21. The summed E-state index contributed by atoms with van der Waals surface area (Å²) in [6.07, 6.45) is 3.47. The number of morpholine rings is 1. The maximum absolute atomic E-state index is 12.0. The number of carbonyl (C=O) groups excluding carboxylic acids is 1. The van der Waals surface area contributed by atoms with Crippen LogP contribution < -0.4 is 4.90 Å². The van der Waals surface area contributed by atoms with Gasteiger partial charge in [-0.05, 0) is 28.1 Å². The highest BCUT2D eigenvalue weighted by Gasteiger charge is 2.29. The number of rotatable bonds is 4. The lowest BCUT2D eigenvalue weighted by Gasteiger charge is -2.34. The quantitative estimate of drug-likeness (QED) is 0.422. The SMILES string of the molecule is COC(=O)c1cc(N2CCOC(c3cnn(C)c3)C2)cc(Br)c1[N+](=O)[O-]. The minimum absolute atomic E-state index is 0.0914. The number of nitrogens with zero attached hydrogens (tertiary/aromatic N) is 4. The van der Waals surface area contributed by atoms with Crippen LogP contribution in [0.1, 0.15) is 22.0 Å². The number of hydrogen-bond donors (Lipinski definition) is 0. The summed E-state index contributed by atoms with van der Waals surface area (Å²) < 4.78 is 12.4. The number of halogens is 1. The number of ether oxygens (including phenoxy) is 2. The van der Waals surface area contributed by atoms with Crippen molar-refractivity contribution in [2.24, 2.45) is 7.05 Å². The van der Waals surface area contributed by atoms with Crippen molar-refractivity contribution < 1.29 is 19.2 Å². The van der Waals surface area contributed by atoms with E-state index >= 15 is 0 Å². The van der Waals surface area contributed by atoms with Crippen LogP contribution in [0.4, 0.5) is 11.4 Å². The van der Waals surface area contributed by atoms with E-state index in [1.807, 2.05) is 18.1 Å². The van der Waals surface area contributed by atoms with Crippen molar-refractivity contribution in [1.82, 2.24) is 9.78 Å². The van der Waals surface area contributed by atoms with Crippen molar-refractivity contribution in [2.75, 3.05) is 31.7 Å². The highest BCUT2D eigenvalue weighted by molar-refractivity contribution is 9.10. The fraction of sp³-hybridized carbons (Fsp3) is 0.375. The molecule has 138 valence electrons. The highest BCUT2D eigenvalue weighted by Crippen LogP contribution is 2.36. The number of carbonyl (C=O) groups is 1. The molecule has 1 unspecified atom stereocenters. The number of aromatic nitrogens is 2. The van der Waals surface area contributed by atoms with E-state index in [2.05, 4.69) is 21.0 Å². The average molecular weight is 425 g/mol. The van der Waals surface area contributed by atoms with Crippen LogP contribution in [0.2, 0.25) is 0 Å². The van der Waals surface area contributed by atoms with Gasteiger partial charge in [0, 0.05) is 37.6 Å². The Morgan fingerprint density at radius 1 is 1.50 bits per heavy atom. The second-order valence-corrected chi connectivity index (χ2v) is 6.68. The minimum atomic E-state index is -0.753. The van der Waals surface area contributed by atoms with Crippen molar-refractivity contribution in [2.45, 2.75) is 6.10 Å². The number of anilines is 1. The Morgan fingerprint density at radius 3 is 2.88 bits per heavy atom. The Morgan fingerprint density at radius 2 is 2.27 bits per heavy atom. The standard InChI is InChI=1S/C16H17BrN4O5/c1-19-8-10(7-18-19)14-9-20(3-4-26-14)11-5-12(16(22)25-2)15(21(23)24)13(17)6-11/h5-8,14H,3-4,9H2,1-2H3. The van der Waals surface area contributed by atoms with Gasteiger partial charge >= 0.3 is 5.97 Å². The van der Waals surface area contributed by atoms with E-state index in [9.17, 15) is 14.9 Å². The summed E-state index contributed by atoms with van der Waals surface area (Å²) in [5.74, 6) is -0.753. The van der Waals surface area contributed by atoms with Gasteiger partial charge in [-0.2, -0.15) is 5.10 Å². The smallest absolute Gasteiger partial charge is 0.345 e. The first-order valence-corrected chi connectivity index (χ1v) is 8.61. The molecular weight excluding hydrogens is 408 g/mol. The molecule has 10 heteroatoms. The monoisotopic (exact) mass is 424 g/mol. The summed E-state index contributed by atoms with van der Waals surface area (Å²) in [7, 11) is 3.03. The average Bonchev–Trinajstić information content (AvgIpc) is 3.06. The summed E-state index contributed by atoms with van der Waals surface area (Å²) in [6, 6.07) is 3.12. The molecule has 9 nitrogen and oxygen atoms in total. The van der Waals surface area contributed by atoms with Crippen LogP contribution in [-0.4, -0.2) is 47.5 Å². The molecule has 1 aromatic carbocycles. The zero-order valence-corrected chi connectivity index (χ0v) is 15.8. The van der Waals surface area contributed by atoms with Crippen LogP contribution in [0.5, 0.6) is 0 Å². The lowest BCUT2D eigenvalue weighted by Crippen LogP contribution is -2.38. The van der Waals surface area contributed by atoms with Crippen molar-refractivity contribution in [3.05, 3.63) is 50.2 Å². The van der Waals surface area contributed by atoms with E-state index in [4.69, 9.17) is 9.47 Å². The molecule has 3 rings (SSSR count). The number of aryl methyl sites for hydroxylation is 1. The fourth-order valence-corrected chi connectivity index (χ4v) is 3.50. The van der Waals surface area contributed by atoms with Gasteiger partial charge in [-0.3, -0.25) is 14.8 Å². The van der Waals surface area contributed by atoms with Crippen LogP contribution in [0.3, 0.4) is 0 Å². The van der Waals surface area contributed by atoms with Gasteiger partial charge in [0.2, 0.25) is 0 Å². The van der Waals surface area contributed by atoms with E-state index in [1.54, 1.807) is 16.9 Å². The summed E-state index contributed by atoms with van der Waals surface area (Å²) in [5, 5.41) is 15.5. The molecule has 2 aromatic rings. The third kappa shape index (κ3) is 3.56. The van der Waals surface area contributed by atoms with E-state index in [1.165, 1.54) is 13.2 Å². The van der Waals surface area contributed by atoms with Gasteiger partial charge in [-0.25, -0.2) is 4.79 Å². The third-order valence-corrected chi connectivity index (χ3v) is 4.77. The minimum Gasteiger partial charge on any atom is -0.465 e. The molecule has 0 aliphatic carbocycles. The van der Waals surface area contributed by atoms with Crippen molar-refractivity contribution >= 4 is 33.3 Å². The zero-order chi connectivity index (χ0) is 18.8. The topological polar surface area (TPSA) is 99.7 Å². The molecule has 2 heterocycles. The fourth-order valence-electron chi connectivity index (χ4n) is 2.91. The number of esters is 1. The van der Waals surface area contributed by atoms with Gasteiger partial charge < -0.3 is 14.4 Å². The summed E-state index contributed by atoms with van der Waals surface area (Å²) in [4.78, 5) is 24.7. The molecule has 0 bridgehead atoms. The Kier molecular flexibility index (Phi) is 5.23. The first-order chi connectivity index (χ1) is 12.4. The summed E-state index contributed by atoms with van der Waals surface area (Å²) in [5.41, 5.74) is 1.23. The maximum atomic E-state index is 12.0. The number of hydrogen-bond acceptors (Lipinski definition) is 7. The molecule has 0 radical (unpaired) electrons. The normalized spacial score (nSPS) is 17.2. The molecule has 0 spiro atoms. The molecular formula is C16H17BrN4O5. The largest absolute Gasteiger partial charge is 0.465 e. The maximum Gasteiger partial charge on any atom is 0.345 e. The number of nitro benzene ring substituents is 1.